The van der Waals surface area contributed by atoms with E-state index in [0.29, 0.717) is 37.9 Å². The molecule has 2 unspecified atom stereocenters. The molecule has 10 nitrogen and oxygen atoms in total. The van der Waals surface area contributed by atoms with Crippen LogP contribution < -0.4 is 0 Å². The van der Waals surface area contributed by atoms with E-state index in [0.717, 1.165) is 37.8 Å². The van der Waals surface area contributed by atoms with Crippen LogP contribution in [0.1, 0.15) is 52.4 Å². The molecule has 0 amide bonds. The summed E-state index contributed by atoms with van der Waals surface area (Å²) in [5.74, 6) is -1.19. The van der Waals surface area contributed by atoms with Crippen molar-refractivity contribution in [2.75, 3.05) is 26.4 Å². The second-order valence-electron chi connectivity index (χ2n) is 9.70. The fourth-order valence-electron chi connectivity index (χ4n) is 3.54. The van der Waals surface area contributed by atoms with Crippen molar-refractivity contribution < 1.29 is 49.1 Å². The van der Waals surface area contributed by atoms with E-state index >= 15 is 0 Å². The maximum Gasteiger partial charge on any atom is 0.338 e. The van der Waals surface area contributed by atoms with Gasteiger partial charge in [-0.2, -0.15) is 0 Å². The van der Waals surface area contributed by atoms with E-state index in [2.05, 4.69) is 9.47 Å². The molecule has 1 saturated heterocycles. The number of fused-ring (bicyclic) bond motifs is 1. The fourth-order valence-corrected chi connectivity index (χ4v) is 3.54. The number of aliphatic hydroxyl groups excluding tert-OH is 4. The molecule has 1 saturated carbocycles. The first kappa shape index (κ1) is 30.6. The molecule has 0 aromatic heterocycles. The molecule has 2 aliphatic heterocycles. The molecular weight excluding hydrogens is 460 g/mol. The molecule has 0 aromatic carbocycles. The minimum Gasteiger partial charge on any atom is -0.396 e. The van der Waals surface area contributed by atoms with Crippen molar-refractivity contribution in [2.24, 2.45) is 29.1 Å². The van der Waals surface area contributed by atoms with Crippen LogP contribution in [0, 0.1) is 29.1 Å². The molecule has 0 radical (unpaired) electrons. The number of carbonyl (C=O) groups excluding carboxylic acids is 4. The van der Waals surface area contributed by atoms with Gasteiger partial charge in [-0.3, -0.25) is 9.59 Å². The minimum absolute atomic E-state index is 0.0451. The maximum atomic E-state index is 10.9. The summed E-state index contributed by atoms with van der Waals surface area (Å²) in [7, 11) is 0. The monoisotopic (exact) mass is 498 g/mol. The molecule has 4 N–H and O–H groups in total. The number of hydrogen-bond donors (Lipinski definition) is 4. The highest BCUT2D eigenvalue weighted by Crippen LogP contribution is 2.32. The van der Waals surface area contributed by atoms with E-state index in [1.165, 1.54) is 0 Å². The Bertz CT molecular complexity index is 704. The molecular formula is C25H38O10. The van der Waals surface area contributed by atoms with E-state index in [4.69, 9.17) is 20.4 Å². The van der Waals surface area contributed by atoms with Gasteiger partial charge in [-0.15, -0.1) is 0 Å². The first-order valence-electron chi connectivity index (χ1n) is 11.8. The number of ether oxygens (including phenoxy) is 2. The Labute approximate surface area is 205 Å². The van der Waals surface area contributed by atoms with Gasteiger partial charge in [0.1, 0.15) is 0 Å². The molecule has 2 aliphatic carbocycles. The molecule has 35 heavy (non-hydrogen) atoms. The van der Waals surface area contributed by atoms with Crippen molar-refractivity contribution in [1.82, 2.24) is 0 Å². The van der Waals surface area contributed by atoms with Crippen molar-refractivity contribution in [3.63, 3.8) is 0 Å². The topological polar surface area (TPSA) is 168 Å². The fraction of sp³-hybridized carbons (Fsp3) is 0.680. The van der Waals surface area contributed by atoms with Gasteiger partial charge in [-0.25, -0.2) is 9.59 Å². The van der Waals surface area contributed by atoms with Gasteiger partial charge >= 0.3 is 23.9 Å². The lowest BCUT2D eigenvalue weighted by molar-refractivity contribution is -0.154. The van der Waals surface area contributed by atoms with Gasteiger partial charge < -0.3 is 29.9 Å². The molecule has 0 spiro atoms. The highest BCUT2D eigenvalue weighted by Gasteiger charge is 2.43. The van der Waals surface area contributed by atoms with Crippen molar-refractivity contribution >= 4 is 23.9 Å². The van der Waals surface area contributed by atoms with Gasteiger partial charge in [0.2, 0.25) is 0 Å². The van der Waals surface area contributed by atoms with Crippen LogP contribution in [0.25, 0.3) is 0 Å². The van der Waals surface area contributed by atoms with Gasteiger partial charge in [0.05, 0.1) is 25.0 Å². The van der Waals surface area contributed by atoms with Crippen LogP contribution in [0.15, 0.2) is 24.3 Å². The van der Waals surface area contributed by atoms with Crippen molar-refractivity contribution in [3.8, 4) is 0 Å². The number of aliphatic hydroxyl groups is 4. The molecule has 198 valence electrons. The molecule has 2 fully saturated rings. The summed E-state index contributed by atoms with van der Waals surface area (Å²) < 4.78 is 8.46. The molecule has 0 aromatic rings. The Balaban J connectivity index is 0.000000239. The summed E-state index contributed by atoms with van der Waals surface area (Å²) in [4.78, 5) is 41.7. The number of carbonyl (C=O) groups is 4. The second kappa shape index (κ2) is 15.6. The largest absolute Gasteiger partial charge is 0.396 e. The van der Waals surface area contributed by atoms with Crippen molar-refractivity contribution in [3.05, 3.63) is 24.3 Å². The van der Waals surface area contributed by atoms with Gasteiger partial charge in [0.25, 0.3) is 0 Å². The third-order valence-electron chi connectivity index (χ3n) is 6.13. The highest BCUT2D eigenvalue weighted by atomic mass is 16.6. The number of cyclic esters (lactones) is 4. The summed E-state index contributed by atoms with van der Waals surface area (Å²) in [6.07, 6.45) is 11.8. The Morgan fingerprint density at radius 3 is 1.31 bits per heavy atom. The van der Waals surface area contributed by atoms with Gasteiger partial charge in [-0.1, -0.05) is 26.0 Å². The third-order valence-corrected chi connectivity index (χ3v) is 6.13. The van der Waals surface area contributed by atoms with E-state index in [1.54, 1.807) is 13.8 Å². The molecule has 10 heteroatoms. The number of rotatable bonds is 4. The molecule has 4 rings (SSSR count). The Morgan fingerprint density at radius 1 is 0.714 bits per heavy atom. The van der Waals surface area contributed by atoms with Crippen molar-refractivity contribution in [2.45, 2.75) is 52.4 Å². The first-order valence-corrected chi connectivity index (χ1v) is 11.8. The maximum absolute atomic E-state index is 10.9. The summed E-state index contributed by atoms with van der Waals surface area (Å²) >= 11 is 0. The predicted octanol–water partition coefficient (Wildman–Crippen LogP) is 1.05. The number of allylic oxidation sites excluding steroid dienone is 2. The molecule has 2 heterocycles. The predicted molar refractivity (Wildman–Crippen MR) is 124 cm³/mol. The van der Waals surface area contributed by atoms with E-state index in [1.807, 2.05) is 12.2 Å². The van der Waals surface area contributed by atoms with E-state index < -0.39 is 11.9 Å². The van der Waals surface area contributed by atoms with Crippen LogP contribution in [-0.4, -0.2) is 70.7 Å². The summed E-state index contributed by atoms with van der Waals surface area (Å²) in [6, 6.07) is 0. The Kier molecular flexibility index (Phi) is 13.6. The zero-order valence-corrected chi connectivity index (χ0v) is 20.4. The normalized spacial score (nSPS) is 26.8. The average Bonchev–Trinajstić information content (AvgIpc) is 3.40. The summed E-state index contributed by atoms with van der Waals surface area (Å²) in [5.41, 5.74) is -0.306. The molecule has 2 atom stereocenters. The second-order valence-corrected chi connectivity index (χ2v) is 9.70. The van der Waals surface area contributed by atoms with Gasteiger partial charge in [-0.05, 0) is 50.4 Å². The van der Waals surface area contributed by atoms with Crippen molar-refractivity contribution in [1.29, 1.82) is 0 Å². The zero-order valence-electron chi connectivity index (χ0n) is 20.4. The van der Waals surface area contributed by atoms with Crippen LogP contribution in [0.2, 0.25) is 0 Å². The lowest BCUT2D eigenvalue weighted by atomic mass is 9.83. The summed E-state index contributed by atoms with van der Waals surface area (Å²) in [5, 5.41) is 34.4. The lowest BCUT2D eigenvalue weighted by Crippen LogP contribution is -2.20. The van der Waals surface area contributed by atoms with E-state index in [-0.39, 0.29) is 42.4 Å². The van der Waals surface area contributed by atoms with Crippen LogP contribution >= 0.6 is 0 Å². The number of hydrogen-bond acceptors (Lipinski definition) is 10. The van der Waals surface area contributed by atoms with E-state index in [9.17, 15) is 19.2 Å². The molecule has 0 bridgehead atoms. The zero-order chi connectivity index (χ0) is 26.4. The smallest absolute Gasteiger partial charge is 0.338 e. The summed E-state index contributed by atoms with van der Waals surface area (Å²) in [6.45, 7) is 4.35. The number of esters is 4. The molecule has 4 aliphatic rings. The van der Waals surface area contributed by atoms with Gasteiger partial charge in [0, 0.05) is 30.8 Å². The quantitative estimate of drug-likeness (QED) is 0.250. The SMILES string of the molecule is CC(C)(CO)CO.O=C1C=CC(=O)O1.O=C1OC(=O)C2CC=CCC12.OCC1CCC(CO)CC1. The third kappa shape index (κ3) is 11.3. The average molecular weight is 499 g/mol. The Morgan fingerprint density at radius 2 is 1.09 bits per heavy atom. The van der Waals surface area contributed by atoms with Gasteiger partial charge in [0.15, 0.2) is 0 Å². The first-order chi connectivity index (χ1) is 16.6. The van der Waals surface area contributed by atoms with Crippen LogP contribution in [-0.2, 0) is 28.7 Å². The minimum atomic E-state index is -0.579. The standard InChI is InChI=1S/C8H8O3.C8H16O2.C5H12O2.C4H2O3/c9-7-5-3-1-2-4-6(5)8(10)11-7;9-5-7-1-2-8(6-10)4-3-7;1-5(2,3-6)4-7;5-3-1-2-4(6)7-3/h1-2,5-6H,3-4H2;7-10H,1-6H2;6-7H,3-4H2,1-2H3;1-2H. The highest BCUT2D eigenvalue weighted by molar-refractivity contribution is 6.04. The van der Waals surface area contributed by atoms with Crippen LogP contribution in [0.4, 0.5) is 0 Å². The Hall–Kier alpha value is -2.40. The van der Waals surface area contributed by atoms with Crippen LogP contribution in [0.3, 0.4) is 0 Å². The lowest BCUT2D eigenvalue weighted by Gasteiger charge is -2.25. The van der Waals surface area contributed by atoms with Crippen LogP contribution in [0.5, 0.6) is 0 Å².